The summed E-state index contributed by atoms with van der Waals surface area (Å²) in [5.74, 6) is 1.71. The Hall–Kier alpha value is -1.16. The Kier molecular flexibility index (Phi) is 4.53. The largest absolute Gasteiger partial charge is 0.494 e. The van der Waals surface area contributed by atoms with Crippen LogP contribution in [0, 0.1) is 0 Å². The molecule has 1 aliphatic heterocycles. The number of carbonyl (C=O) groups excluding carboxylic acids is 1. The second kappa shape index (κ2) is 6.14. The predicted octanol–water partition coefficient (Wildman–Crippen LogP) is 3.07. The molecule has 2 rings (SSSR count). The second-order valence-corrected chi connectivity index (χ2v) is 5.32. The molecule has 1 aliphatic rings. The van der Waals surface area contributed by atoms with Gasteiger partial charge in [0, 0.05) is 6.54 Å². The van der Waals surface area contributed by atoms with Crippen LogP contribution in [0.1, 0.15) is 31.2 Å². The van der Waals surface area contributed by atoms with E-state index in [0.717, 1.165) is 24.3 Å². The fraction of sp³-hybridized carbons (Fsp3) is 0.500. The van der Waals surface area contributed by atoms with Crippen molar-refractivity contribution in [3.8, 4) is 5.75 Å². The molecule has 0 N–H and O–H groups in total. The maximum absolute atomic E-state index is 11.8. The molecule has 1 saturated heterocycles. The van der Waals surface area contributed by atoms with Crippen LogP contribution in [0.15, 0.2) is 24.3 Å². The van der Waals surface area contributed by atoms with E-state index in [4.69, 9.17) is 4.74 Å². The van der Waals surface area contributed by atoms with Gasteiger partial charge in [-0.1, -0.05) is 19.1 Å². The Balaban J connectivity index is 2.19. The molecule has 0 aromatic heterocycles. The first-order valence-electron chi connectivity index (χ1n) is 6.40. The second-order valence-electron chi connectivity index (χ2n) is 4.26. The van der Waals surface area contributed by atoms with Crippen LogP contribution in [-0.2, 0) is 4.79 Å². The lowest BCUT2D eigenvalue weighted by atomic mass is 10.2. The number of amides is 1. The number of carbonyl (C=O) groups is 1. The summed E-state index contributed by atoms with van der Waals surface area (Å²) in [6.07, 6.45) is 0.994. The van der Waals surface area contributed by atoms with Crippen molar-refractivity contribution in [1.82, 2.24) is 4.90 Å². The number of ether oxygens (including phenoxy) is 1. The van der Waals surface area contributed by atoms with Crippen molar-refractivity contribution in [3.05, 3.63) is 29.8 Å². The number of rotatable bonds is 5. The molecule has 1 amide bonds. The van der Waals surface area contributed by atoms with Crippen LogP contribution in [0.4, 0.5) is 0 Å². The highest BCUT2D eigenvalue weighted by molar-refractivity contribution is 8.00. The van der Waals surface area contributed by atoms with Gasteiger partial charge in [0.2, 0.25) is 5.91 Å². The molecule has 1 unspecified atom stereocenters. The summed E-state index contributed by atoms with van der Waals surface area (Å²) in [5.41, 5.74) is 1.16. The number of hydrogen-bond donors (Lipinski definition) is 0. The Morgan fingerprint density at radius 1 is 1.44 bits per heavy atom. The third-order valence-electron chi connectivity index (χ3n) is 2.89. The van der Waals surface area contributed by atoms with Crippen molar-refractivity contribution in [2.45, 2.75) is 25.6 Å². The molecule has 1 aromatic rings. The van der Waals surface area contributed by atoms with Crippen LogP contribution in [0.5, 0.6) is 5.75 Å². The average Bonchev–Trinajstić information content (AvgIpc) is 2.73. The maximum Gasteiger partial charge on any atom is 0.233 e. The zero-order valence-electron chi connectivity index (χ0n) is 10.9. The van der Waals surface area contributed by atoms with E-state index in [-0.39, 0.29) is 11.3 Å². The first-order valence-corrected chi connectivity index (χ1v) is 7.45. The Morgan fingerprint density at radius 3 is 3.00 bits per heavy atom. The third kappa shape index (κ3) is 2.80. The van der Waals surface area contributed by atoms with Gasteiger partial charge in [-0.2, -0.15) is 0 Å². The molecule has 0 aliphatic carbocycles. The molecule has 0 radical (unpaired) electrons. The molecule has 3 nitrogen and oxygen atoms in total. The Morgan fingerprint density at radius 2 is 2.28 bits per heavy atom. The fourth-order valence-corrected chi connectivity index (χ4v) is 3.35. The number of nitrogens with zero attached hydrogens (tertiary/aromatic N) is 1. The third-order valence-corrected chi connectivity index (χ3v) is 4.14. The van der Waals surface area contributed by atoms with Crippen molar-refractivity contribution in [2.75, 3.05) is 18.9 Å². The normalized spacial score (nSPS) is 19.3. The van der Waals surface area contributed by atoms with E-state index < -0.39 is 0 Å². The molecule has 0 saturated carbocycles. The lowest BCUT2D eigenvalue weighted by Gasteiger charge is -2.24. The van der Waals surface area contributed by atoms with E-state index in [1.54, 1.807) is 11.8 Å². The number of benzene rings is 1. The van der Waals surface area contributed by atoms with Crippen molar-refractivity contribution in [1.29, 1.82) is 0 Å². The molecule has 1 fully saturated rings. The van der Waals surface area contributed by atoms with E-state index in [0.29, 0.717) is 12.4 Å². The van der Waals surface area contributed by atoms with Crippen molar-refractivity contribution in [2.24, 2.45) is 0 Å². The molecule has 1 aromatic carbocycles. The van der Waals surface area contributed by atoms with E-state index in [1.807, 2.05) is 30.0 Å². The summed E-state index contributed by atoms with van der Waals surface area (Å²) in [5, 5.41) is 0.151. The molecular weight excluding hydrogens is 246 g/mol. The van der Waals surface area contributed by atoms with Crippen LogP contribution < -0.4 is 4.74 Å². The van der Waals surface area contributed by atoms with Gasteiger partial charge in [-0.15, -0.1) is 11.8 Å². The zero-order valence-corrected chi connectivity index (χ0v) is 11.7. The van der Waals surface area contributed by atoms with Gasteiger partial charge >= 0.3 is 0 Å². The van der Waals surface area contributed by atoms with Crippen LogP contribution in [0.25, 0.3) is 0 Å². The molecule has 1 heterocycles. The lowest BCUT2D eigenvalue weighted by Crippen LogP contribution is -2.28. The molecule has 18 heavy (non-hydrogen) atoms. The van der Waals surface area contributed by atoms with E-state index >= 15 is 0 Å². The van der Waals surface area contributed by atoms with E-state index in [1.165, 1.54) is 0 Å². The first kappa shape index (κ1) is 13.3. The number of hydrogen-bond acceptors (Lipinski definition) is 3. The minimum Gasteiger partial charge on any atom is -0.494 e. The highest BCUT2D eigenvalue weighted by atomic mass is 32.2. The van der Waals surface area contributed by atoms with Gasteiger partial charge in [0.05, 0.1) is 12.4 Å². The van der Waals surface area contributed by atoms with Crippen LogP contribution in [0.3, 0.4) is 0 Å². The van der Waals surface area contributed by atoms with Crippen molar-refractivity contribution in [3.63, 3.8) is 0 Å². The molecule has 98 valence electrons. The van der Waals surface area contributed by atoms with Gasteiger partial charge in [0.25, 0.3) is 0 Å². The highest BCUT2D eigenvalue weighted by Gasteiger charge is 2.32. The van der Waals surface area contributed by atoms with Gasteiger partial charge in [0.1, 0.15) is 11.1 Å². The highest BCUT2D eigenvalue weighted by Crippen LogP contribution is 2.39. The van der Waals surface area contributed by atoms with Crippen molar-refractivity contribution < 1.29 is 9.53 Å². The van der Waals surface area contributed by atoms with E-state index in [9.17, 15) is 4.79 Å². The topological polar surface area (TPSA) is 29.5 Å². The number of thioether (sulfide) groups is 1. The van der Waals surface area contributed by atoms with Crippen molar-refractivity contribution >= 4 is 17.7 Å². The lowest BCUT2D eigenvalue weighted by molar-refractivity contribution is -0.128. The Bertz CT molecular complexity index is 422. The Labute approximate surface area is 113 Å². The molecule has 4 heteroatoms. The van der Waals surface area contributed by atoms with E-state index in [2.05, 4.69) is 13.0 Å². The SMILES string of the molecule is CCCN1C(=O)CSC1c1cccc(OCC)c1. The monoisotopic (exact) mass is 265 g/mol. The standard InChI is InChI=1S/C14H19NO2S/c1-3-8-15-13(16)10-18-14(15)11-6-5-7-12(9-11)17-4-2/h5-7,9,14H,3-4,8,10H2,1-2H3. The van der Waals surface area contributed by atoms with Crippen LogP contribution in [-0.4, -0.2) is 29.7 Å². The molecular formula is C14H19NO2S. The van der Waals surface area contributed by atoms with Gasteiger partial charge < -0.3 is 9.64 Å². The summed E-state index contributed by atoms with van der Waals surface area (Å²) < 4.78 is 5.52. The van der Waals surface area contributed by atoms with Gasteiger partial charge in [0.15, 0.2) is 0 Å². The summed E-state index contributed by atoms with van der Waals surface area (Å²) in [6, 6.07) is 8.07. The minimum atomic E-state index is 0.151. The summed E-state index contributed by atoms with van der Waals surface area (Å²) in [4.78, 5) is 13.8. The summed E-state index contributed by atoms with van der Waals surface area (Å²) in [7, 11) is 0. The quantitative estimate of drug-likeness (QED) is 0.819. The smallest absolute Gasteiger partial charge is 0.233 e. The van der Waals surface area contributed by atoms with Gasteiger partial charge in [-0.3, -0.25) is 4.79 Å². The first-order chi connectivity index (χ1) is 8.76. The molecule has 0 bridgehead atoms. The van der Waals surface area contributed by atoms with Crippen LogP contribution >= 0.6 is 11.8 Å². The maximum atomic E-state index is 11.8. The molecule has 1 atom stereocenters. The predicted molar refractivity (Wildman–Crippen MR) is 74.8 cm³/mol. The average molecular weight is 265 g/mol. The summed E-state index contributed by atoms with van der Waals surface area (Å²) >= 11 is 1.70. The fourth-order valence-electron chi connectivity index (χ4n) is 2.14. The zero-order chi connectivity index (χ0) is 13.0. The minimum absolute atomic E-state index is 0.151. The van der Waals surface area contributed by atoms with Gasteiger partial charge in [-0.05, 0) is 31.0 Å². The molecule has 0 spiro atoms. The van der Waals surface area contributed by atoms with Gasteiger partial charge in [-0.25, -0.2) is 0 Å². The van der Waals surface area contributed by atoms with Crippen LogP contribution in [0.2, 0.25) is 0 Å². The summed E-state index contributed by atoms with van der Waals surface area (Å²) in [6.45, 7) is 5.57.